The monoisotopic (exact) mass is 483 g/mol. The van der Waals surface area contributed by atoms with Crippen molar-refractivity contribution in [2.45, 2.75) is 44.5 Å². The van der Waals surface area contributed by atoms with Crippen molar-refractivity contribution in [3.8, 4) is 5.75 Å². The van der Waals surface area contributed by atoms with E-state index in [1.165, 1.54) is 6.33 Å². The standard InChI is InChI=1S/C24H26ClN5O4/c1-24(2,31-3)34-20-10-17(12-32-16-5-4-14-8-15(25)11-27-19(14)9-16)33-23(20)30-7-6-18-21(26)28-13-29-22(18)30/h4-9,11,13,17,20,23H,10,12H2,1-3H3,(H2,26,28,29)/t17-,20+,23+/m0/s1. The molecule has 0 unspecified atom stereocenters. The average molecular weight is 484 g/mol. The number of hydrogen-bond donors (Lipinski definition) is 1. The van der Waals surface area contributed by atoms with Crippen LogP contribution in [0, 0.1) is 0 Å². The first-order chi connectivity index (χ1) is 16.3. The average Bonchev–Trinajstić information content (AvgIpc) is 3.42. The van der Waals surface area contributed by atoms with Gasteiger partial charge in [-0.2, -0.15) is 0 Å². The van der Waals surface area contributed by atoms with Gasteiger partial charge in [-0.15, -0.1) is 0 Å². The summed E-state index contributed by atoms with van der Waals surface area (Å²) in [4.78, 5) is 12.8. The molecule has 34 heavy (non-hydrogen) atoms. The normalized spacial score (nSPS) is 20.9. The molecule has 1 aromatic carbocycles. The summed E-state index contributed by atoms with van der Waals surface area (Å²) >= 11 is 6.03. The molecule has 0 spiro atoms. The van der Waals surface area contributed by atoms with E-state index in [1.807, 2.05) is 54.9 Å². The van der Waals surface area contributed by atoms with Gasteiger partial charge in [0.05, 0.1) is 22.0 Å². The molecule has 1 fully saturated rings. The molecule has 4 aromatic rings. The van der Waals surface area contributed by atoms with Gasteiger partial charge in [0.25, 0.3) is 0 Å². The minimum absolute atomic E-state index is 0.215. The molecule has 3 aromatic heterocycles. The summed E-state index contributed by atoms with van der Waals surface area (Å²) < 4.78 is 26.2. The molecule has 0 radical (unpaired) electrons. The molecule has 4 heterocycles. The summed E-state index contributed by atoms with van der Waals surface area (Å²) in [6.45, 7) is 4.09. The van der Waals surface area contributed by atoms with Crippen molar-refractivity contribution in [2.24, 2.45) is 0 Å². The lowest BCUT2D eigenvalue weighted by molar-refractivity contribution is -0.237. The van der Waals surface area contributed by atoms with E-state index in [1.54, 1.807) is 13.3 Å². The lowest BCUT2D eigenvalue weighted by Crippen LogP contribution is -2.35. The van der Waals surface area contributed by atoms with Crippen LogP contribution in [0.1, 0.15) is 26.5 Å². The topological polar surface area (TPSA) is 107 Å². The number of nitrogens with two attached hydrogens (primary N) is 1. The highest BCUT2D eigenvalue weighted by Gasteiger charge is 2.41. The van der Waals surface area contributed by atoms with Gasteiger partial charge in [0.2, 0.25) is 0 Å². The Balaban J connectivity index is 1.36. The second-order valence-corrected chi connectivity index (χ2v) is 9.12. The number of fused-ring (bicyclic) bond motifs is 2. The number of ether oxygens (including phenoxy) is 4. The molecule has 5 rings (SSSR count). The van der Waals surface area contributed by atoms with Crippen LogP contribution in [0.15, 0.2) is 49.1 Å². The maximum absolute atomic E-state index is 6.40. The van der Waals surface area contributed by atoms with E-state index < -0.39 is 12.0 Å². The fourth-order valence-electron chi connectivity index (χ4n) is 4.14. The fraction of sp³-hybridized carbons (Fsp3) is 0.375. The van der Waals surface area contributed by atoms with Crippen molar-refractivity contribution < 1.29 is 18.9 Å². The van der Waals surface area contributed by atoms with Crippen LogP contribution >= 0.6 is 11.6 Å². The Morgan fingerprint density at radius 1 is 1.21 bits per heavy atom. The van der Waals surface area contributed by atoms with E-state index in [-0.39, 0.29) is 12.2 Å². The first-order valence-electron chi connectivity index (χ1n) is 11.0. The minimum Gasteiger partial charge on any atom is -0.491 e. The predicted octanol–water partition coefficient (Wildman–Crippen LogP) is 4.35. The molecule has 0 bridgehead atoms. The number of benzene rings is 1. The first-order valence-corrected chi connectivity index (χ1v) is 11.3. The second kappa shape index (κ2) is 8.99. The molecule has 10 heteroatoms. The van der Waals surface area contributed by atoms with Gasteiger partial charge in [0, 0.05) is 37.4 Å². The van der Waals surface area contributed by atoms with Crippen LogP contribution in [0.25, 0.3) is 21.9 Å². The van der Waals surface area contributed by atoms with Crippen LogP contribution in [0.4, 0.5) is 5.82 Å². The van der Waals surface area contributed by atoms with Gasteiger partial charge in [-0.05, 0) is 38.1 Å². The summed E-state index contributed by atoms with van der Waals surface area (Å²) in [5.74, 6) is 0.336. The van der Waals surface area contributed by atoms with E-state index in [2.05, 4.69) is 15.0 Å². The molecule has 0 amide bonds. The molecule has 2 N–H and O–H groups in total. The Morgan fingerprint density at radius 3 is 2.88 bits per heavy atom. The van der Waals surface area contributed by atoms with E-state index in [9.17, 15) is 0 Å². The fourth-order valence-corrected chi connectivity index (χ4v) is 4.30. The van der Waals surface area contributed by atoms with E-state index in [4.69, 9.17) is 36.3 Å². The minimum atomic E-state index is -0.787. The van der Waals surface area contributed by atoms with Crippen LogP contribution in [0.2, 0.25) is 5.02 Å². The molecule has 3 atom stereocenters. The van der Waals surface area contributed by atoms with Crippen molar-refractivity contribution in [3.63, 3.8) is 0 Å². The summed E-state index contributed by atoms with van der Waals surface area (Å²) in [7, 11) is 1.62. The highest BCUT2D eigenvalue weighted by molar-refractivity contribution is 6.31. The van der Waals surface area contributed by atoms with Crippen LogP contribution < -0.4 is 10.5 Å². The number of hydrogen-bond acceptors (Lipinski definition) is 8. The number of aromatic nitrogens is 4. The number of pyridine rings is 1. The van der Waals surface area contributed by atoms with E-state index in [0.717, 1.165) is 16.3 Å². The number of nitrogens with zero attached hydrogens (tertiary/aromatic N) is 4. The van der Waals surface area contributed by atoms with E-state index in [0.29, 0.717) is 35.3 Å². The molecular formula is C24H26ClN5O4. The smallest absolute Gasteiger partial charge is 0.162 e. The van der Waals surface area contributed by atoms with Gasteiger partial charge < -0.3 is 29.2 Å². The van der Waals surface area contributed by atoms with Gasteiger partial charge in [-0.3, -0.25) is 4.98 Å². The van der Waals surface area contributed by atoms with Crippen LogP contribution in [0.5, 0.6) is 5.75 Å². The number of nitrogen functional groups attached to an aromatic ring is 1. The summed E-state index contributed by atoms with van der Waals surface area (Å²) in [5, 5.41) is 2.31. The summed E-state index contributed by atoms with van der Waals surface area (Å²) in [6.07, 6.45) is 4.62. The first kappa shape index (κ1) is 22.8. The van der Waals surface area contributed by atoms with E-state index >= 15 is 0 Å². The molecule has 1 aliphatic heterocycles. The van der Waals surface area contributed by atoms with Gasteiger partial charge in [0.1, 0.15) is 36.3 Å². The molecule has 9 nitrogen and oxygen atoms in total. The van der Waals surface area contributed by atoms with Gasteiger partial charge in [-0.25, -0.2) is 9.97 Å². The molecule has 1 saturated heterocycles. The number of rotatable bonds is 7. The van der Waals surface area contributed by atoms with Crippen molar-refractivity contribution in [1.82, 2.24) is 19.5 Å². The lowest BCUT2D eigenvalue weighted by Gasteiger charge is -2.30. The van der Waals surface area contributed by atoms with Gasteiger partial charge >= 0.3 is 0 Å². The quantitative estimate of drug-likeness (QED) is 0.387. The van der Waals surface area contributed by atoms with Crippen LogP contribution in [-0.2, 0) is 14.2 Å². The second-order valence-electron chi connectivity index (χ2n) is 8.68. The third-order valence-electron chi connectivity index (χ3n) is 5.94. The molecular weight excluding hydrogens is 458 g/mol. The maximum atomic E-state index is 6.40. The van der Waals surface area contributed by atoms with Crippen molar-refractivity contribution in [2.75, 3.05) is 19.5 Å². The predicted molar refractivity (Wildman–Crippen MR) is 129 cm³/mol. The highest BCUT2D eigenvalue weighted by Crippen LogP contribution is 2.37. The van der Waals surface area contributed by atoms with Crippen LogP contribution in [-0.4, -0.2) is 51.2 Å². The summed E-state index contributed by atoms with van der Waals surface area (Å²) in [6, 6.07) is 9.47. The third kappa shape index (κ3) is 4.52. The van der Waals surface area contributed by atoms with Crippen molar-refractivity contribution in [1.29, 1.82) is 0 Å². The number of methoxy groups -OCH3 is 1. The Hall–Kier alpha value is -2.98. The maximum Gasteiger partial charge on any atom is 0.162 e. The Morgan fingerprint density at radius 2 is 2.06 bits per heavy atom. The zero-order chi connectivity index (χ0) is 23.9. The van der Waals surface area contributed by atoms with Gasteiger partial charge in [0.15, 0.2) is 12.0 Å². The highest BCUT2D eigenvalue weighted by atomic mass is 35.5. The molecule has 1 aliphatic rings. The third-order valence-corrected chi connectivity index (χ3v) is 6.15. The van der Waals surface area contributed by atoms with Crippen molar-refractivity contribution >= 4 is 39.4 Å². The molecule has 0 aliphatic carbocycles. The number of anilines is 1. The Labute approximate surface area is 201 Å². The van der Waals surface area contributed by atoms with Gasteiger partial charge in [-0.1, -0.05) is 11.6 Å². The molecule has 178 valence electrons. The van der Waals surface area contributed by atoms with Crippen molar-refractivity contribution in [3.05, 3.63) is 54.1 Å². The zero-order valence-corrected chi connectivity index (χ0v) is 19.9. The Kier molecular flexibility index (Phi) is 6.03. The Bertz CT molecular complexity index is 1330. The zero-order valence-electron chi connectivity index (χ0n) is 19.1. The molecule has 0 saturated carbocycles. The largest absolute Gasteiger partial charge is 0.491 e. The lowest BCUT2D eigenvalue weighted by atomic mass is 10.2. The van der Waals surface area contributed by atoms with Crippen LogP contribution in [0.3, 0.4) is 0 Å². The SMILES string of the molecule is COC(C)(C)O[C@@H]1C[C@@H](COc2ccc3cc(Cl)cnc3c2)O[C@H]1n1ccc2c(N)ncnc21. The number of halogens is 1. The summed E-state index contributed by atoms with van der Waals surface area (Å²) in [5.41, 5.74) is 7.52.